The van der Waals surface area contributed by atoms with Gasteiger partial charge in [-0.05, 0) is 50.0 Å². The van der Waals surface area contributed by atoms with Crippen molar-refractivity contribution in [3.63, 3.8) is 0 Å². The Balaban J connectivity index is 0.00000208. The van der Waals surface area contributed by atoms with Crippen molar-refractivity contribution < 1.29 is 19.7 Å². The molecule has 6 heteroatoms. The second-order valence-corrected chi connectivity index (χ2v) is 8.35. The molecule has 0 aromatic heterocycles. The summed E-state index contributed by atoms with van der Waals surface area (Å²) in [4.78, 5) is 14.4. The Morgan fingerprint density at radius 1 is 1.38 bits per heavy atom. The van der Waals surface area contributed by atoms with E-state index in [1.165, 1.54) is 0 Å². The van der Waals surface area contributed by atoms with Crippen LogP contribution in [0.15, 0.2) is 0 Å². The van der Waals surface area contributed by atoms with Crippen molar-refractivity contribution in [1.29, 1.82) is 0 Å². The molecule has 24 heavy (non-hydrogen) atoms. The smallest absolute Gasteiger partial charge is 0.310 e. The highest BCUT2D eigenvalue weighted by Crippen LogP contribution is 2.57. The van der Waals surface area contributed by atoms with E-state index in [1.807, 2.05) is 11.9 Å². The highest BCUT2D eigenvalue weighted by molar-refractivity contribution is 5.85. The van der Waals surface area contributed by atoms with Crippen LogP contribution in [0.4, 0.5) is 0 Å². The van der Waals surface area contributed by atoms with Gasteiger partial charge >= 0.3 is 5.97 Å². The lowest BCUT2D eigenvalue weighted by Crippen LogP contribution is -2.39. The van der Waals surface area contributed by atoms with E-state index in [9.17, 15) is 9.90 Å². The largest absolute Gasteiger partial charge is 0.462 e. The number of esters is 1. The second-order valence-electron chi connectivity index (χ2n) is 8.35. The molecule has 0 aromatic rings. The number of likely N-dealkylation sites (N-methyl/N-ethyl adjacent to an activating group) is 1. The molecule has 2 aliphatic carbocycles. The third-order valence-electron chi connectivity index (χ3n) is 6.88. The predicted octanol–water partition coefficient (Wildman–Crippen LogP) is 1.70. The summed E-state index contributed by atoms with van der Waals surface area (Å²) in [5.74, 6) is 0.971. The van der Waals surface area contributed by atoms with Crippen molar-refractivity contribution in [1.82, 2.24) is 4.90 Å². The molecular weight excluding hydrogens is 330 g/mol. The van der Waals surface area contributed by atoms with Gasteiger partial charge in [-0.15, -0.1) is 12.4 Å². The van der Waals surface area contributed by atoms with Crippen LogP contribution in [0.25, 0.3) is 0 Å². The van der Waals surface area contributed by atoms with Gasteiger partial charge in [0.1, 0.15) is 6.10 Å². The van der Waals surface area contributed by atoms with E-state index in [0.717, 1.165) is 25.7 Å². The van der Waals surface area contributed by atoms with Gasteiger partial charge in [-0.1, -0.05) is 13.8 Å². The molecule has 3 fully saturated rings. The lowest BCUT2D eigenvalue weighted by atomic mass is 9.68. The van der Waals surface area contributed by atoms with Gasteiger partial charge in [0.25, 0.3) is 0 Å². The molecule has 0 bridgehead atoms. The predicted molar refractivity (Wildman–Crippen MR) is 93.9 cm³/mol. The zero-order valence-electron chi connectivity index (χ0n) is 15.0. The topological polar surface area (TPSA) is 70.0 Å². The molecule has 7 atom stereocenters. The third-order valence-corrected chi connectivity index (χ3v) is 6.88. The third kappa shape index (κ3) is 3.33. The molecular formula is C18H32ClNO4. The molecule has 0 aromatic carbocycles. The lowest BCUT2D eigenvalue weighted by Gasteiger charge is -2.37. The SMILES string of the molecule is C[C@@H]1C[C@@H]2OC(=O)[C@@H](CN(C)CCO)[C@H]2C[C@]2(C)[C@@H](O)CC[C@@H]12.Cl. The number of nitrogens with zero attached hydrogens (tertiary/aromatic N) is 1. The average molecular weight is 362 g/mol. The lowest BCUT2D eigenvalue weighted by molar-refractivity contribution is -0.145. The van der Waals surface area contributed by atoms with Crippen LogP contribution in [0.2, 0.25) is 0 Å². The van der Waals surface area contributed by atoms with Crippen LogP contribution in [-0.2, 0) is 9.53 Å². The Bertz CT molecular complexity index is 462. The molecule has 1 heterocycles. The fourth-order valence-electron chi connectivity index (χ4n) is 5.57. The number of ether oxygens (including phenoxy) is 1. The van der Waals surface area contributed by atoms with Gasteiger partial charge in [0, 0.05) is 19.0 Å². The van der Waals surface area contributed by atoms with E-state index in [2.05, 4.69) is 13.8 Å². The molecule has 0 amide bonds. The van der Waals surface area contributed by atoms with Gasteiger partial charge < -0.3 is 19.8 Å². The standard InChI is InChI=1S/C18H31NO4.ClH/c1-11-8-15-12(9-18(2)14(11)4-5-16(18)21)13(17(22)23-15)10-19(3)6-7-20;/h11-16,20-21H,4-10H2,1-3H3;1H/t11-,12-,13+,14+,15+,16+,18+;/m1./s1. The van der Waals surface area contributed by atoms with Gasteiger partial charge in [-0.2, -0.15) is 0 Å². The van der Waals surface area contributed by atoms with Crippen LogP contribution in [0.5, 0.6) is 0 Å². The summed E-state index contributed by atoms with van der Waals surface area (Å²) in [7, 11) is 1.94. The Morgan fingerprint density at radius 3 is 2.75 bits per heavy atom. The normalized spacial score (nSPS) is 44.5. The highest BCUT2D eigenvalue weighted by Gasteiger charge is 2.57. The van der Waals surface area contributed by atoms with E-state index >= 15 is 0 Å². The molecule has 2 N–H and O–H groups in total. The maximum absolute atomic E-state index is 12.4. The number of hydrogen-bond donors (Lipinski definition) is 2. The molecule has 5 nitrogen and oxygen atoms in total. The summed E-state index contributed by atoms with van der Waals surface area (Å²) in [6.07, 6.45) is 3.49. The maximum atomic E-state index is 12.4. The fourth-order valence-corrected chi connectivity index (χ4v) is 5.57. The minimum Gasteiger partial charge on any atom is -0.462 e. The summed E-state index contributed by atoms with van der Waals surface area (Å²) < 4.78 is 5.74. The number of carbonyl (C=O) groups is 1. The Labute approximate surface area is 151 Å². The zero-order valence-corrected chi connectivity index (χ0v) is 15.8. The van der Waals surface area contributed by atoms with Crippen molar-refractivity contribution in [2.75, 3.05) is 26.7 Å². The summed E-state index contributed by atoms with van der Waals surface area (Å²) in [5.41, 5.74) is -0.0966. The molecule has 2 saturated carbocycles. The quantitative estimate of drug-likeness (QED) is 0.746. The van der Waals surface area contributed by atoms with Gasteiger partial charge in [0.15, 0.2) is 0 Å². The molecule has 1 aliphatic heterocycles. The van der Waals surface area contributed by atoms with E-state index in [-0.39, 0.29) is 54.4 Å². The van der Waals surface area contributed by atoms with Crippen LogP contribution < -0.4 is 0 Å². The number of halogens is 1. The molecule has 140 valence electrons. The summed E-state index contributed by atoms with van der Waals surface area (Å²) >= 11 is 0. The van der Waals surface area contributed by atoms with Crippen molar-refractivity contribution in [2.24, 2.45) is 29.1 Å². The number of aliphatic hydroxyl groups is 2. The maximum Gasteiger partial charge on any atom is 0.310 e. The first-order chi connectivity index (χ1) is 10.9. The van der Waals surface area contributed by atoms with Crippen LogP contribution >= 0.6 is 12.4 Å². The number of hydrogen-bond acceptors (Lipinski definition) is 5. The first-order valence-electron chi connectivity index (χ1n) is 9.04. The summed E-state index contributed by atoms with van der Waals surface area (Å²) in [6.45, 7) is 5.77. The monoisotopic (exact) mass is 361 g/mol. The van der Waals surface area contributed by atoms with Crippen molar-refractivity contribution in [3.05, 3.63) is 0 Å². The summed E-state index contributed by atoms with van der Waals surface area (Å²) in [6, 6.07) is 0. The molecule has 0 spiro atoms. The average Bonchev–Trinajstić information content (AvgIpc) is 2.87. The minimum atomic E-state index is -0.264. The second kappa shape index (κ2) is 7.48. The van der Waals surface area contributed by atoms with Gasteiger partial charge in [0.2, 0.25) is 0 Å². The number of aliphatic hydroxyl groups excluding tert-OH is 2. The van der Waals surface area contributed by atoms with E-state index in [4.69, 9.17) is 9.84 Å². The summed E-state index contributed by atoms with van der Waals surface area (Å²) in [5, 5.41) is 19.7. The number of rotatable bonds is 4. The van der Waals surface area contributed by atoms with Gasteiger partial charge in [-0.3, -0.25) is 4.79 Å². The minimum absolute atomic E-state index is 0. The van der Waals surface area contributed by atoms with Crippen LogP contribution in [-0.4, -0.2) is 60.0 Å². The number of carbonyl (C=O) groups excluding carboxylic acids is 1. The van der Waals surface area contributed by atoms with E-state index in [0.29, 0.717) is 24.9 Å². The fraction of sp³-hybridized carbons (Fsp3) is 0.944. The Kier molecular flexibility index (Phi) is 6.22. The Hall–Kier alpha value is -0.360. The molecule has 3 aliphatic rings. The highest BCUT2D eigenvalue weighted by atomic mass is 35.5. The van der Waals surface area contributed by atoms with Crippen LogP contribution in [0, 0.1) is 29.1 Å². The molecule has 3 rings (SSSR count). The van der Waals surface area contributed by atoms with Crippen molar-refractivity contribution in [2.45, 2.75) is 51.7 Å². The van der Waals surface area contributed by atoms with Crippen LogP contribution in [0.1, 0.15) is 39.5 Å². The molecule has 0 radical (unpaired) electrons. The van der Waals surface area contributed by atoms with Crippen LogP contribution in [0.3, 0.4) is 0 Å². The molecule has 1 saturated heterocycles. The van der Waals surface area contributed by atoms with Crippen molar-refractivity contribution in [3.8, 4) is 0 Å². The Morgan fingerprint density at radius 2 is 2.08 bits per heavy atom. The van der Waals surface area contributed by atoms with Crippen molar-refractivity contribution >= 4 is 18.4 Å². The zero-order chi connectivity index (χ0) is 16.8. The number of fused-ring (bicyclic) bond motifs is 2. The van der Waals surface area contributed by atoms with Gasteiger partial charge in [-0.25, -0.2) is 0 Å². The van der Waals surface area contributed by atoms with Gasteiger partial charge in [0.05, 0.1) is 18.6 Å². The first kappa shape index (κ1) is 20.0. The molecule has 0 unspecified atom stereocenters. The van der Waals surface area contributed by atoms with E-state index < -0.39 is 0 Å². The van der Waals surface area contributed by atoms with E-state index in [1.54, 1.807) is 0 Å². The first-order valence-corrected chi connectivity index (χ1v) is 9.04.